The Morgan fingerprint density at radius 3 is 1.71 bits per heavy atom. The van der Waals surface area contributed by atoms with Gasteiger partial charge in [0.15, 0.2) is 0 Å². The van der Waals surface area contributed by atoms with E-state index in [0.717, 1.165) is 11.8 Å². The van der Waals surface area contributed by atoms with Crippen molar-refractivity contribution in [1.82, 2.24) is 0 Å². The van der Waals surface area contributed by atoms with Crippen molar-refractivity contribution in [1.29, 1.82) is 0 Å². The third kappa shape index (κ3) is 15.3. The summed E-state index contributed by atoms with van der Waals surface area (Å²) in [6.45, 7) is 9.42. The molecule has 0 aromatic heterocycles. The molecule has 0 heteroatoms. The molecule has 0 saturated heterocycles. The van der Waals surface area contributed by atoms with E-state index in [2.05, 4.69) is 39.8 Å². The summed E-state index contributed by atoms with van der Waals surface area (Å²) < 4.78 is 0. The van der Waals surface area contributed by atoms with Crippen LogP contribution >= 0.6 is 0 Å². The Hall–Kier alpha value is -0.260. The molecule has 0 nitrogen and oxygen atoms in total. The quantitative estimate of drug-likeness (QED) is 0.173. The van der Waals surface area contributed by atoms with Crippen molar-refractivity contribution in [3.05, 3.63) is 12.2 Å². The van der Waals surface area contributed by atoms with Gasteiger partial charge >= 0.3 is 0 Å². The zero-order valence-corrected chi connectivity index (χ0v) is 17.6. The zero-order chi connectivity index (χ0) is 17.9. The maximum atomic E-state index is 2.49. The van der Waals surface area contributed by atoms with Gasteiger partial charge in [0.05, 0.1) is 0 Å². The minimum Gasteiger partial charge on any atom is -0.0885 e. The van der Waals surface area contributed by atoms with Crippen LogP contribution in [0.3, 0.4) is 0 Å². The summed E-state index contributed by atoms with van der Waals surface area (Å²) in [5.74, 6) is 1.92. The van der Waals surface area contributed by atoms with Gasteiger partial charge in [0, 0.05) is 0 Å². The van der Waals surface area contributed by atoms with Crippen LogP contribution in [0.4, 0.5) is 0 Å². The molecular formula is C24H48. The Bertz CT molecular complexity index is 253. The second-order valence-electron chi connectivity index (χ2n) is 7.95. The molecule has 0 heterocycles. The van der Waals surface area contributed by atoms with Crippen molar-refractivity contribution in [2.45, 2.75) is 130 Å². The minimum absolute atomic E-state index is 0.930. The highest BCUT2D eigenvalue weighted by Gasteiger charge is 2.14. The van der Waals surface area contributed by atoms with Crippen molar-refractivity contribution in [2.24, 2.45) is 11.8 Å². The van der Waals surface area contributed by atoms with Crippen LogP contribution in [0.5, 0.6) is 0 Å². The van der Waals surface area contributed by atoms with E-state index in [4.69, 9.17) is 0 Å². The molecule has 0 rings (SSSR count). The van der Waals surface area contributed by atoms with Crippen molar-refractivity contribution >= 4 is 0 Å². The molecule has 0 aromatic rings. The Balaban J connectivity index is 3.64. The minimum atomic E-state index is 0.930. The summed E-state index contributed by atoms with van der Waals surface area (Å²) in [6.07, 6.45) is 27.3. The first-order chi connectivity index (χ1) is 11.8. The Morgan fingerprint density at radius 2 is 1.12 bits per heavy atom. The van der Waals surface area contributed by atoms with Crippen LogP contribution in [0, 0.1) is 11.8 Å². The van der Waals surface area contributed by atoms with Crippen molar-refractivity contribution in [2.75, 3.05) is 0 Å². The van der Waals surface area contributed by atoms with Crippen LogP contribution in [-0.2, 0) is 0 Å². The standard InChI is InChI=1S/C24H48/c1-5-8-10-12-13-14-15-16-18-20-22-24(23(4)7-3)21-19-17-11-9-6-2/h10,12,23-24H,5-9,11,13-22H2,1-4H3. The molecule has 0 aliphatic heterocycles. The maximum absolute atomic E-state index is 2.49. The van der Waals surface area contributed by atoms with Gasteiger partial charge in [-0.15, -0.1) is 0 Å². The van der Waals surface area contributed by atoms with Gasteiger partial charge in [0.1, 0.15) is 0 Å². The lowest BCUT2D eigenvalue weighted by Gasteiger charge is -2.23. The van der Waals surface area contributed by atoms with Gasteiger partial charge in [0.2, 0.25) is 0 Å². The van der Waals surface area contributed by atoms with Crippen LogP contribution in [0.25, 0.3) is 0 Å². The Kier molecular flexibility index (Phi) is 18.9. The fraction of sp³-hybridized carbons (Fsp3) is 0.917. The first kappa shape index (κ1) is 23.7. The third-order valence-electron chi connectivity index (χ3n) is 5.69. The molecule has 0 aliphatic rings. The lowest BCUT2D eigenvalue weighted by Crippen LogP contribution is -2.11. The fourth-order valence-corrected chi connectivity index (χ4v) is 3.66. The normalized spacial score (nSPS) is 14.3. The van der Waals surface area contributed by atoms with Gasteiger partial charge in [-0.2, -0.15) is 0 Å². The molecule has 24 heavy (non-hydrogen) atoms. The number of hydrogen-bond acceptors (Lipinski definition) is 0. The third-order valence-corrected chi connectivity index (χ3v) is 5.69. The molecule has 0 amide bonds. The molecule has 0 bridgehead atoms. The summed E-state index contributed by atoms with van der Waals surface area (Å²) in [4.78, 5) is 0. The molecule has 0 radical (unpaired) electrons. The molecule has 0 spiro atoms. The number of unbranched alkanes of at least 4 members (excludes halogenated alkanes) is 10. The molecule has 2 atom stereocenters. The largest absolute Gasteiger partial charge is 0.0885 e. The highest BCUT2D eigenvalue weighted by molar-refractivity contribution is 4.80. The summed E-state index contributed by atoms with van der Waals surface area (Å²) in [5.41, 5.74) is 0. The average Bonchev–Trinajstić information content (AvgIpc) is 2.60. The van der Waals surface area contributed by atoms with Gasteiger partial charge in [0.25, 0.3) is 0 Å². The van der Waals surface area contributed by atoms with Gasteiger partial charge in [-0.25, -0.2) is 0 Å². The topological polar surface area (TPSA) is 0 Å². The van der Waals surface area contributed by atoms with E-state index in [-0.39, 0.29) is 0 Å². The van der Waals surface area contributed by atoms with Gasteiger partial charge in [-0.3, -0.25) is 0 Å². The fourth-order valence-electron chi connectivity index (χ4n) is 3.66. The van der Waals surface area contributed by atoms with Crippen LogP contribution in [-0.4, -0.2) is 0 Å². The molecule has 0 N–H and O–H groups in total. The van der Waals surface area contributed by atoms with E-state index in [1.807, 2.05) is 0 Å². The van der Waals surface area contributed by atoms with Crippen LogP contribution in [0.1, 0.15) is 130 Å². The van der Waals surface area contributed by atoms with E-state index in [1.165, 1.54) is 103 Å². The van der Waals surface area contributed by atoms with Crippen LogP contribution in [0.2, 0.25) is 0 Å². The van der Waals surface area contributed by atoms with E-state index >= 15 is 0 Å². The Labute approximate surface area is 154 Å². The van der Waals surface area contributed by atoms with Gasteiger partial charge in [-0.05, 0) is 31.1 Å². The molecule has 0 saturated carbocycles. The summed E-state index contributed by atoms with van der Waals surface area (Å²) >= 11 is 0. The summed E-state index contributed by atoms with van der Waals surface area (Å²) in [5, 5.41) is 0. The smallest absolute Gasteiger partial charge is 0.0351 e. The monoisotopic (exact) mass is 336 g/mol. The lowest BCUT2D eigenvalue weighted by molar-refractivity contribution is 0.288. The molecular weight excluding hydrogens is 288 g/mol. The second-order valence-corrected chi connectivity index (χ2v) is 7.95. The first-order valence-electron chi connectivity index (χ1n) is 11.4. The van der Waals surface area contributed by atoms with Crippen LogP contribution in [0.15, 0.2) is 12.2 Å². The molecule has 0 fully saturated rings. The lowest BCUT2D eigenvalue weighted by atomic mass is 9.83. The van der Waals surface area contributed by atoms with E-state index in [1.54, 1.807) is 0 Å². The second kappa shape index (κ2) is 19.1. The van der Waals surface area contributed by atoms with Gasteiger partial charge < -0.3 is 0 Å². The predicted octanol–water partition coefficient (Wildman–Crippen LogP) is 9.10. The highest BCUT2D eigenvalue weighted by Crippen LogP contribution is 2.27. The van der Waals surface area contributed by atoms with E-state index in [9.17, 15) is 0 Å². The highest BCUT2D eigenvalue weighted by atomic mass is 14.2. The van der Waals surface area contributed by atoms with Crippen LogP contribution < -0.4 is 0 Å². The summed E-state index contributed by atoms with van der Waals surface area (Å²) in [7, 11) is 0. The van der Waals surface area contributed by atoms with E-state index < -0.39 is 0 Å². The van der Waals surface area contributed by atoms with Crippen molar-refractivity contribution in [3.8, 4) is 0 Å². The number of rotatable bonds is 18. The molecule has 0 aromatic carbocycles. The zero-order valence-electron chi connectivity index (χ0n) is 17.6. The number of allylic oxidation sites excluding steroid dienone is 2. The SMILES string of the molecule is CCCC=CCCCCCCCC(CCCCCCC)C(C)CC. The summed E-state index contributed by atoms with van der Waals surface area (Å²) in [6, 6.07) is 0. The molecule has 0 aliphatic carbocycles. The molecule has 2 unspecified atom stereocenters. The first-order valence-corrected chi connectivity index (χ1v) is 11.4. The van der Waals surface area contributed by atoms with Crippen molar-refractivity contribution < 1.29 is 0 Å². The number of hydrogen-bond donors (Lipinski definition) is 0. The molecule has 144 valence electrons. The Morgan fingerprint density at radius 1 is 0.583 bits per heavy atom. The van der Waals surface area contributed by atoms with E-state index in [0.29, 0.717) is 0 Å². The predicted molar refractivity (Wildman–Crippen MR) is 113 cm³/mol. The van der Waals surface area contributed by atoms with Crippen molar-refractivity contribution in [3.63, 3.8) is 0 Å². The van der Waals surface area contributed by atoms with Gasteiger partial charge in [-0.1, -0.05) is 123 Å². The maximum Gasteiger partial charge on any atom is -0.0351 e. The average molecular weight is 337 g/mol.